The summed E-state index contributed by atoms with van der Waals surface area (Å²) in [5.74, 6) is 1.74. The van der Waals surface area contributed by atoms with E-state index in [1.165, 1.54) is 12.3 Å². The van der Waals surface area contributed by atoms with Crippen LogP contribution in [0.5, 0.6) is 0 Å². The summed E-state index contributed by atoms with van der Waals surface area (Å²) in [7, 11) is 0. The number of aliphatic hydroxyl groups excluding tert-OH is 2. The maximum absolute atomic E-state index is 13.6. The lowest BCUT2D eigenvalue weighted by Gasteiger charge is -2.35. The second-order valence-electron chi connectivity index (χ2n) is 11.0. The number of carbonyl (C=O) groups is 1. The van der Waals surface area contributed by atoms with Gasteiger partial charge in [-0.05, 0) is 49.7 Å². The summed E-state index contributed by atoms with van der Waals surface area (Å²) in [4.78, 5) is 36.8. The van der Waals surface area contributed by atoms with Gasteiger partial charge in [0.2, 0.25) is 5.28 Å². The Hall–Kier alpha value is -4.41. The van der Waals surface area contributed by atoms with Crippen LogP contribution in [0.1, 0.15) is 31.5 Å². The Bertz CT molecular complexity index is 1640. The smallest absolute Gasteiger partial charge is 0.330 e. The number of ether oxygens (including phenoxy) is 2. The van der Waals surface area contributed by atoms with Crippen molar-refractivity contribution in [2.45, 2.75) is 38.8 Å². The number of amides is 2. The lowest BCUT2D eigenvalue weighted by atomic mass is 10.1. The van der Waals surface area contributed by atoms with Crippen LogP contribution in [0, 0.1) is 0 Å². The van der Waals surface area contributed by atoms with Crippen molar-refractivity contribution in [1.29, 1.82) is 0 Å². The Morgan fingerprint density at radius 3 is 2.28 bits per heavy atom. The lowest BCUT2D eigenvalue weighted by Crippen LogP contribution is -2.44. The van der Waals surface area contributed by atoms with E-state index in [2.05, 4.69) is 30.3 Å². The Kier molecular flexibility index (Phi) is 9.56. The van der Waals surface area contributed by atoms with E-state index in [0.717, 1.165) is 4.90 Å². The molecule has 15 nitrogen and oxygen atoms in total. The molecule has 46 heavy (non-hydrogen) atoms. The first-order valence-corrected chi connectivity index (χ1v) is 15.2. The van der Waals surface area contributed by atoms with Gasteiger partial charge in [-0.1, -0.05) is 5.16 Å². The predicted octanol–water partition coefficient (Wildman–Crippen LogP) is 3.25. The fourth-order valence-corrected chi connectivity index (χ4v) is 5.58. The molecule has 2 saturated heterocycles. The van der Waals surface area contributed by atoms with Crippen LogP contribution in [0.2, 0.25) is 5.28 Å². The summed E-state index contributed by atoms with van der Waals surface area (Å²) in [6.07, 6.45) is -0.255. The van der Waals surface area contributed by atoms with Crippen molar-refractivity contribution in [3.63, 3.8) is 0 Å². The highest BCUT2D eigenvalue weighted by Crippen LogP contribution is 2.31. The molecule has 5 heterocycles. The van der Waals surface area contributed by atoms with Gasteiger partial charge in [0.05, 0.1) is 56.5 Å². The average molecular weight is 652 g/mol. The van der Waals surface area contributed by atoms with Gasteiger partial charge in [-0.3, -0.25) is 10.2 Å². The van der Waals surface area contributed by atoms with Gasteiger partial charge in [0.1, 0.15) is 17.9 Å². The maximum Gasteiger partial charge on any atom is 0.330 e. The number of morpholine rings is 2. The maximum atomic E-state index is 13.6. The second-order valence-corrected chi connectivity index (χ2v) is 11.3. The van der Waals surface area contributed by atoms with Gasteiger partial charge in [-0.25, -0.2) is 24.7 Å². The third kappa shape index (κ3) is 6.88. The van der Waals surface area contributed by atoms with Crippen LogP contribution in [-0.2, 0) is 16.1 Å². The molecular formula is C30H34ClN9O6. The third-order valence-corrected chi connectivity index (χ3v) is 7.93. The quantitative estimate of drug-likeness (QED) is 0.187. The van der Waals surface area contributed by atoms with E-state index in [9.17, 15) is 15.0 Å². The molecule has 4 aromatic rings. The predicted molar refractivity (Wildman–Crippen MR) is 169 cm³/mol. The average Bonchev–Trinajstić information content (AvgIpc) is 3.58. The molecule has 2 fully saturated rings. The van der Waals surface area contributed by atoms with E-state index in [4.69, 9.17) is 30.6 Å². The van der Waals surface area contributed by atoms with Crippen molar-refractivity contribution < 1.29 is 29.0 Å². The van der Waals surface area contributed by atoms with Crippen molar-refractivity contribution in [2.75, 3.05) is 59.5 Å². The monoisotopic (exact) mass is 651 g/mol. The molecule has 3 atom stereocenters. The van der Waals surface area contributed by atoms with Crippen LogP contribution in [0.15, 0.2) is 53.3 Å². The van der Waals surface area contributed by atoms with Crippen molar-refractivity contribution in [3.05, 3.63) is 65.4 Å². The molecule has 3 aromatic heterocycles. The molecule has 0 bridgehead atoms. The van der Waals surface area contributed by atoms with E-state index < -0.39 is 12.3 Å². The van der Waals surface area contributed by atoms with Crippen LogP contribution in [0.4, 0.5) is 27.9 Å². The molecule has 0 aliphatic carbocycles. The molecule has 242 valence electrons. The van der Waals surface area contributed by atoms with Gasteiger partial charge < -0.3 is 34.0 Å². The van der Waals surface area contributed by atoms with E-state index in [1.54, 1.807) is 36.4 Å². The number of carbonyl (C=O) groups excluding carboxylic acids is 1. The molecule has 0 saturated carbocycles. The Morgan fingerprint density at radius 1 is 1.00 bits per heavy atom. The summed E-state index contributed by atoms with van der Waals surface area (Å²) in [5, 5.41) is 27.9. The van der Waals surface area contributed by atoms with E-state index in [-0.39, 0.29) is 35.5 Å². The van der Waals surface area contributed by atoms with Crippen LogP contribution >= 0.6 is 11.6 Å². The molecule has 0 spiro atoms. The van der Waals surface area contributed by atoms with E-state index in [0.29, 0.717) is 73.9 Å². The number of aliphatic hydroxyl groups is 2. The summed E-state index contributed by atoms with van der Waals surface area (Å²) in [6, 6.07) is 11.0. The van der Waals surface area contributed by atoms with Crippen molar-refractivity contribution in [2.24, 2.45) is 0 Å². The highest BCUT2D eigenvalue weighted by molar-refractivity contribution is 6.28. The lowest BCUT2D eigenvalue weighted by molar-refractivity contribution is 0.0984. The summed E-state index contributed by atoms with van der Waals surface area (Å²) >= 11 is 6.32. The minimum absolute atomic E-state index is 0.0161. The number of benzene rings is 1. The van der Waals surface area contributed by atoms with Gasteiger partial charge in [0.15, 0.2) is 17.9 Å². The van der Waals surface area contributed by atoms with Crippen LogP contribution in [-0.4, -0.2) is 92.9 Å². The number of aromatic nitrogens is 5. The van der Waals surface area contributed by atoms with Gasteiger partial charge >= 0.3 is 6.03 Å². The molecule has 2 aliphatic rings. The number of urea groups is 1. The first-order valence-electron chi connectivity index (χ1n) is 14.8. The SMILES string of the molecule is C[C@H]1COCCN1c1cc(C(O)N(C(=O)Nc2ccon2)c2ccc(-c3nc(CO)cc(N4CCOC[C@@H]4C)n3)cc2)nc(Cl)n1. The minimum atomic E-state index is -1.57. The van der Waals surface area contributed by atoms with Crippen molar-refractivity contribution >= 4 is 40.8 Å². The zero-order valence-electron chi connectivity index (χ0n) is 25.3. The number of hydrogen-bond donors (Lipinski definition) is 3. The zero-order chi connectivity index (χ0) is 32.2. The van der Waals surface area contributed by atoms with Gasteiger partial charge in [0.25, 0.3) is 0 Å². The molecule has 3 N–H and O–H groups in total. The number of hydrogen-bond acceptors (Lipinski definition) is 13. The molecule has 2 amide bonds. The molecule has 6 rings (SSSR count). The Morgan fingerprint density at radius 2 is 1.67 bits per heavy atom. The number of halogens is 1. The summed E-state index contributed by atoms with van der Waals surface area (Å²) < 4.78 is 16.0. The standard InChI is InChI=1S/C30H34ClN9O6/c1-18-16-44-11-8-38(18)25-13-21(15-41)32-27(35-25)20-3-5-22(6-4-20)40(30(43)34-24-7-10-46-37-24)28(42)23-14-26(36-29(31)33-23)39-9-12-45-17-19(39)2/h3-7,10,13-14,18-19,28,41-42H,8-9,11-12,15-17H2,1-2H3,(H,34,37,43)/t18-,19-,28?/m0/s1. The van der Waals surface area contributed by atoms with E-state index in [1.807, 2.05) is 18.7 Å². The van der Waals surface area contributed by atoms with Gasteiger partial charge in [-0.15, -0.1) is 0 Å². The molecule has 2 aliphatic heterocycles. The fourth-order valence-electron chi connectivity index (χ4n) is 5.40. The van der Waals surface area contributed by atoms with Crippen LogP contribution in [0.25, 0.3) is 11.4 Å². The number of anilines is 4. The zero-order valence-corrected chi connectivity index (χ0v) is 26.0. The first kappa shape index (κ1) is 31.6. The number of nitrogens with zero attached hydrogens (tertiary/aromatic N) is 8. The molecular weight excluding hydrogens is 618 g/mol. The highest BCUT2D eigenvalue weighted by Gasteiger charge is 2.30. The van der Waals surface area contributed by atoms with Crippen LogP contribution < -0.4 is 20.0 Å². The topological polar surface area (TPSA) is 175 Å². The largest absolute Gasteiger partial charge is 0.390 e. The van der Waals surface area contributed by atoms with E-state index >= 15 is 0 Å². The normalized spacial score (nSPS) is 19.2. The van der Waals surface area contributed by atoms with Gasteiger partial charge in [-0.2, -0.15) is 0 Å². The van der Waals surface area contributed by atoms with Crippen molar-refractivity contribution in [1.82, 2.24) is 25.1 Å². The fraction of sp³-hybridized carbons (Fsp3) is 0.400. The van der Waals surface area contributed by atoms with Crippen LogP contribution in [0.3, 0.4) is 0 Å². The molecule has 1 unspecified atom stereocenters. The van der Waals surface area contributed by atoms with Gasteiger partial charge in [0, 0.05) is 42.5 Å². The Balaban J connectivity index is 1.33. The Labute approximate surface area is 269 Å². The molecule has 1 aromatic carbocycles. The minimum Gasteiger partial charge on any atom is -0.390 e. The third-order valence-electron chi connectivity index (χ3n) is 7.76. The molecule has 0 radical (unpaired) electrons. The second kappa shape index (κ2) is 13.9. The number of rotatable bonds is 8. The summed E-state index contributed by atoms with van der Waals surface area (Å²) in [5.41, 5.74) is 1.55. The summed E-state index contributed by atoms with van der Waals surface area (Å²) in [6.45, 7) is 7.20. The molecule has 16 heteroatoms. The van der Waals surface area contributed by atoms with Crippen molar-refractivity contribution in [3.8, 4) is 11.4 Å². The first-order chi connectivity index (χ1) is 22.3. The number of nitrogens with one attached hydrogen (secondary N) is 1. The highest BCUT2D eigenvalue weighted by atomic mass is 35.5.